The molecule has 1 amide bonds. The fourth-order valence-electron chi connectivity index (χ4n) is 0.487. The lowest BCUT2D eigenvalue weighted by molar-refractivity contribution is -0.115. The van der Waals surface area contributed by atoms with E-state index >= 15 is 0 Å². The minimum atomic E-state index is -0.494. The number of amides is 1. The summed E-state index contributed by atoms with van der Waals surface area (Å²) in [5.74, 6) is -0.494. The first-order valence-corrected chi connectivity index (χ1v) is 4.94. The molecule has 0 fully saturated rings. The van der Waals surface area contributed by atoms with Crippen molar-refractivity contribution in [1.29, 1.82) is 0 Å². The van der Waals surface area contributed by atoms with Crippen LogP contribution in [0.25, 0.3) is 0 Å². The van der Waals surface area contributed by atoms with Gasteiger partial charge in [0.15, 0.2) is 0 Å². The highest BCUT2D eigenvalue weighted by Gasteiger charge is 2.03. The topological polar surface area (TPSA) is 52.3 Å². The highest BCUT2D eigenvalue weighted by molar-refractivity contribution is 7.99. The van der Waals surface area contributed by atoms with E-state index in [9.17, 15) is 4.79 Å². The number of nitrogens with two attached hydrogens (primary N) is 1. The van der Waals surface area contributed by atoms with Crippen LogP contribution in [0.5, 0.6) is 0 Å². The highest BCUT2D eigenvalue weighted by Crippen LogP contribution is 2.05. The summed E-state index contributed by atoms with van der Waals surface area (Å²) in [6, 6.07) is 0. The Morgan fingerprint density at radius 3 is 2.75 bits per heavy atom. The number of ether oxygens (including phenoxy) is 1. The van der Waals surface area contributed by atoms with Gasteiger partial charge in [0, 0.05) is 10.8 Å². The van der Waals surface area contributed by atoms with E-state index in [0.717, 1.165) is 0 Å². The monoisotopic (exact) mass is 189 g/mol. The minimum absolute atomic E-state index is 0.236. The molecule has 2 N–H and O–H groups in total. The van der Waals surface area contributed by atoms with Crippen LogP contribution in [0, 0.1) is 0 Å². The third-order valence-corrected chi connectivity index (χ3v) is 2.32. The number of thioether (sulfide) groups is 1. The van der Waals surface area contributed by atoms with Gasteiger partial charge in [0.25, 0.3) is 0 Å². The molecule has 0 aliphatic rings. The van der Waals surface area contributed by atoms with E-state index in [1.54, 1.807) is 11.8 Å². The SMILES string of the molecule is C=C(COCC(C)SC)C(N)=O. The molecule has 0 aromatic heterocycles. The first kappa shape index (κ1) is 11.5. The number of hydrogen-bond donors (Lipinski definition) is 1. The molecule has 0 aliphatic carbocycles. The number of carbonyl (C=O) groups excluding carboxylic acids is 1. The molecule has 0 rings (SSSR count). The van der Waals surface area contributed by atoms with Gasteiger partial charge < -0.3 is 10.5 Å². The summed E-state index contributed by atoms with van der Waals surface area (Å²) >= 11 is 1.71. The molecular formula is C8H15NO2S. The molecule has 12 heavy (non-hydrogen) atoms. The quantitative estimate of drug-likeness (QED) is 0.629. The molecule has 4 heteroatoms. The molecule has 0 aromatic rings. The minimum Gasteiger partial charge on any atom is -0.375 e. The Labute approximate surface area is 77.3 Å². The van der Waals surface area contributed by atoms with Gasteiger partial charge in [0.1, 0.15) is 0 Å². The van der Waals surface area contributed by atoms with Crippen molar-refractivity contribution in [2.45, 2.75) is 12.2 Å². The predicted molar refractivity (Wildman–Crippen MR) is 52.1 cm³/mol. The van der Waals surface area contributed by atoms with Crippen molar-refractivity contribution in [3.63, 3.8) is 0 Å². The van der Waals surface area contributed by atoms with Gasteiger partial charge in [0.05, 0.1) is 13.2 Å². The summed E-state index contributed by atoms with van der Waals surface area (Å²) in [7, 11) is 0. The standard InChI is InChI=1S/C8H15NO2S/c1-6(8(9)10)4-11-5-7(2)12-3/h7H,1,4-5H2,2-3H3,(H2,9,10). The van der Waals surface area contributed by atoms with Crippen molar-refractivity contribution < 1.29 is 9.53 Å². The summed E-state index contributed by atoms with van der Waals surface area (Å²) in [6.07, 6.45) is 2.01. The molecule has 0 saturated carbocycles. The molecule has 0 radical (unpaired) electrons. The largest absolute Gasteiger partial charge is 0.375 e. The van der Waals surface area contributed by atoms with Gasteiger partial charge in [-0.2, -0.15) is 11.8 Å². The maximum Gasteiger partial charge on any atom is 0.246 e. The zero-order chi connectivity index (χ0) is 9.56. The summed E-state index contributed by atoms with van der Waals surface area (Å²) in [4.78, 5) is 10.5. The normalized spacial score (nSPS) is 12.5. The van der Waals surface area contributed by atoms with Gasteiger partial charge in [0.2, 0.25) is 5.91 Å². The zero-order valence-corrected chi connectivity index (χ0v) is 8.32. The first-order valence-electron chi connectivity index (χ1n) is 3.66. The molecule has 0 aliphatic heterocycles. The Morgan fingerprint density at radius 2 is 2.33 bits per heavy atom. The van der Waals surface area contributed by atoms with Gasteiger partial charge in [-0.1, -0.05) is 13.5 Å². The second-order valence-electron chi connectivity index (χ2n) is 2.53. The first-order chi connectivity index (χ1) is 5.57. The third-order valence-electron chi connectivity index (χ3n) is 1.38. The summed E-state index contributed by atoms with van der Waals surface area (Å²) < 4.78 is 5.19. The number of hydrogen-bond acceptors (Lipinski definition) is 3. The average molecular weight is 189 g/mol. The van der Waals surface area contributed by atoms with E-state index in [1.807, 2.05) is 6.26 Å². The van der Waals surface area contributed by atoms with Gasteiger partial charge in [-0.25, -0.2) is 0 Å². The van der Waals surface area contributed by atoms with Crippen LogP contribution in [0.15, 0.2) is 12.2 Å². The van der Waals surface area contributed by atoms with E-state index in [1.165, 1.54) is 0 Å². The number of primary amides is 1. The maximum atomic E-state index is 10.5. The van der Waals surface area contributed by atoms with Crippen LogP contribution in [0.2, 0.25) is 0 Å². The Bertz CT molecular complexity index is 170. The molecule has 0 bridgehead atoms. The summed E-state index contributed by atoms with van der Waals surface area (Å²) in [5.41, 5.74) is 5.28. The second kappa shape index (κ2) is 6.08. The molecule has 70 valence electrons. The van der Waals surface area contributed by atoms with E-state index in [2.05, 4.69) is 13.5 Å². The molecule has 1 unspecified atom stereocenters. The van der Waals surface area contributed by atoms with Crippen LogP contribution in [0.4, 0.5) is 0 Å². The van der Waals surface area contributed by atoms with Crippen molar-refractivity contribution in [3.05, 3.63) is 12.2 Å². The molecule has 0 spiro atoms. The molecular weight excluding hydrogens is 174 g/mol. The van der Waals surface area contributed by atoms with Gasteiger partial charge in [-0.05, 0) is 6.26 Å². The Morgan fingerprint density at radius 1 is 1.75 bits per heavy atom. The smallest absolute Gasteiger partial charge is 0.246 e. The summed E-state index contributed by atoms with van der Waals surface area (Å²) in [6.45, 7) is 6.38. The Hall–Kier alpha value is -0.480. The van der Waals surface area contributed by atoms with E-state index in [4.69, 9.17) is 10.5 Å². The van der Waals surface area contributed by atoms with Crippen molar-refractivity contribution >= 4 is 17.7 Å². The third kappa shape index (κ3) is 5.21. The lowest BCUT2D eigenvalue weighted by Crippen LogP contribution is -2.18. The van der Waals surface area contributed by atoms with Crippen LogP contribution in [0.1, 0.15) is 6.92 Å². The number of carbonyl (C=O) groups is 1. The van der Waals surface area contributed by atoms with Crippen LogP contribution in [-0.4, -0.2) is 30.6 Å². The van der Waals surface area contributed by atoms with Crippen LogP contribution in [-0.2, 0) is 9.53 Å². The van der Waals surface area contributed by atoms with E-state index in [-0.39, 0.29) is 6.61 Å². The van der Waals surface area contributed by atoms with Crippen molar-refractivity contribution in [1.82, 2.24) is 0 Å². The van der Waals surface area contributed by atoms with Crippen LogP contribution in [0.3, 0.4) is 0 Å². The van der Waals surface area contributed by atoms with E-state index < -0.39 is 5.91 Å². The van der Waals surface area contributed by atoms with Crippen molar-refractivity contribution in [2.75, 3.05) is 19.5 Å². The van der Waals surface area contributed by atoms with Crippen LogP contribution < -0.4 is 5.73 Å². The molecule has 0 heterocycles. The number of rotatable bonds is 6. The van der Waals surface area contributed by atoms with Crippen molar-refractivity contribution in [3.8, 4) is 0 Å². The zero-order valence-electron chi connectivity index (χ0n) is 7.50. The van der Waals surface area contributed by atoms with Gasteiger partial charge in [-0.15, -0.1) is 0 Å². The van der Waals surface area contributed by atoms with Gasteiger partial charge >= 0.3 is 0 Å². The lowest BCUT2D eigenvalue weighted by Gasteiger charge is -2.08. The maximum absolute atomic E-state index is 10.5. The van der Waals surface area contributed by atoms with E-state index in [0.29, 0.717) is 17.4 Å². The summed E-state index contributed by atoms with van der Waals surface area (Å²) in [5, 5.41) is 0.436. The lowest BCUT2D eigenvalue weighted by atomic mass is 10.3. The van der Waals surface area contributed by atoms with Gasteiger partial charge in [-0.3, -0.25) is 4.79 Å². The molecule has 0 saturated heterocycles. The molecule has 3 nitrogen and oxygen atoms in total. The second-order valence-corrected chi connectivity index (χ2v) is 3.81. The predicted octanol–water partition coefficient (Wildman–Crippen LogP) is 0.796. The van der Waals surface area contributed by atoms with Crippen LogP contribution >= 0.6 is 11.8 Å². The molecule has 1 atom stereocenters. The fourth-order valence-corrected chi connectivity index (χ4v) is 0.720. The Kier molecular flexibility index (Phi) is 5.84. The average Bonchev–Trinajstić information content (AvgIpc) is 2.03. The van der Waals surface area contributed by atoms with Crippen molar-refractivity contribution in [2.24, 2.45) is 5.73 Å². The highest BCUT2D eigenvalue weighted by atomic mass is 32.2. The molecule has 0 aromatic carbocycles. The Balaban J connectivity index is 3.44. The fraction of sp³-hybridized carbons (Fsp3) is 0.625.